The van der Waals surface area contributed by atoms with Crippen LogP contribution in [0.4, 0.5) is 4.79 Å². The number of nitrogens with zero attached hydrogens (tertiary/aromatic N) is 3. The molecule has 0 saturated carbocycles. The summed E-state index contributed by atoms with van der Waals surface area (Å²) in [4.78, 5) is 27.0. The van der Waals surface area contributed by atoms with Crippen LogP contribution in [0.3, 0.4) is 0 Å². The Morgan fingerprint density at radius 2 is 1.94 bits per heavy atom. The van der Waals surface area contributed by atoms with Crippen molar-refractivity contribution in [3.8, 4) is 5.75 Å². The van der Waals surface area contributed by atoms with Gasteiger partial charge in [0, 0.05) is 24.0 Å². The minimum atomic E-state index is -0.269. The van der Waals surface area contributed by atoms with Gasteiger partial charge >= 0.3 is 6.03 Å². The molecule has 172 valence electrons. The molecule has 3 aliphatic rings. The van der Waals surface area contributed by atoms with Crippen molar-refractivity contribution in [1.82, 2.24) is 31.1 Å². The van der Waals surface area contributed by atoms with Gasteiger partial charge in [-0.25, -0.2) is 20.7 Å². The molecule has 0 spiro atoms. The summed E-state index contributed by atoms with van der Waals surface area (Å²) in [6, 6.07) is 15.2. The molecule has 10 heteroatoms. The summed E-state index contributed by atoms with van der Waals surface area (Å²) in [5.41, 5.74) is 8.67. The van der Waals surface area contributed by atoms with E-state index in [1.165, 1.54) is 5.01 Å². The Hall–Kier alpha value is -3.27. The molecule has 3 atom stereocenters. The molecule has 9 nitrogen and oxygen atoms in total. The van der Waals surface area contributed by atoms with E-state index in [1.54, 1.807) is 24.3 Å². The van der Waals surface area contributed by atoms with E-state index in [2.05, 4.69) is 16.2 Å². The first kappa shape index (κ1) is 21.6. The topological polar surface area (TPSA) is 89.2 Å². The lowest BCUT2D eigenvalue weighted by Crippen LogP contribution is -2.54. The number of nitrogens with one attached hydrogen (secondary N) is 3. The van der Waals surface area contributed by atoms with Gasteiger partial charge in [-0.1, -0.05) is 41.9 Å². The van der Waals surface area contributed by atoms with Crippen LogP contribution in [0.15, 0.2) is 60.9 Å². The van der Waals surface area contributed by atoms with Gasteiger partial charge in [0.05, 0.1) is 19.2 Å². The third-order valence-corrected chi connectivity index (χ3v) is 6.55. The normalized spacial score (nSPS) is 23.5. The van der Waals surface area contributed by atoms with Gasteiger partial charge < -0.3 is 15.1 Å². The van der Waals surface area contributed by atoms with Crippen molar-refractivity contribution in [2.75, 3.05) is 13.7 Å². The Balaban J connectivity index is 1.21. The average Bonchev–Trinajstić information content (AvgIpc) is 3.40. The van der Waals surface area contributed by atoms with Crippen molar-refractivity contribution in [1.29, 1.82) is 0 Å². The third-order valence-electron chi connectivity index (χ3n) is 6.19. The van der Waals surface area contributed by atoms with E-state index < -0.39 is 0 Å². The van der Waals surface area contributed by atoms with E-state index in [0.717, 1.165) is 23.3 Å². The molecule has 3 amide bonds. The van der Waals surface area contributed by atoms with Crippen LogP contribution in [0.2, 0.25) is 5.02 Å². The molecule has 2 saturated heterocycles. The van der Waals surface area contributed by atoms with Crippen LogP contribution in [-0.4, -0.2) is 52.7 Å². The maximum atomic E-state index is 12.9. The summed E-state index contributed by atoms with van der Waals surface area (Å²) >= 11 is 6.15. The number of halogens is 1. The summed E-state index contributed by atoms with van der Waals surface area (Å²) in [7, 11) is 1.65. The molecule has 0 radical (unpaired) electrons. The Bertz CT molecular complexity index is 1080. The van der Waals surface area contributed by atoms with Crippen molar-refractivity contribution in [3.05, 3.63) is 77.1 Å². The zero-order valence-corrected chi connectivity index (χ0v) is 18.8. The molecule has 0 aliphatic carbocycles. The molecule has 0 aromatic heterocycles. The highest BCUT2D eigenvalue weighted by atomic mass is 35.5. The van der Waals surface area contributed by atoms with Crippen LogP contribution >= 0.6 is 11.6 Å². The minimum absolute atomic E-state index is 0.0160. The Labute approximate surface area is 196 Å². The SMILES string of the molecule is COc1ccc(C2CC3C4NN(CC(=O)NCc5ccccc5Cl)C(=O)N4C=CN3N2)cc1. The number of methoxy groups -OCH3 is 1. The fraction of sp³-hybridized carbons (Fsp3) is 0.304. The zero-order valence-electron chi connectivity index (χ0n) is 18.1. The van der Waals surface area contributed by atoms with Crippen molar-refractivity contribution in [2.45, 2.75) is 31.2 Å². The molecule has 33 heavy (non-hydrogen) atoms. The van der Waals surface area contributed by atoms with Crippen LogP contribution in [0.5, 0.6) is 5.75 Å². The van der Waals surface area contributed by atoms with Crippen molar-refractivity contribution < 1.29 is 14.3 Å². The second-order valence-corrected chi connectivity index (χ2v) is 8.59. The molecule has 0 bridgehead atoms. The highest BCUT2D eigenvalue weighted by Gasteiger charge is 2.48. The van der Waals surface area contributed by atoms with Crippen LogP contribution in [0.25, 0.3) is 0 Å². The van der Waals surface area contributed by atoms with Crippen molar-refractivity contribution in [2.24, 2.45) is 0 Å². The van der Waals surface area contributed by atoms with Gasteiger partial charge in [0.2, 0.25) is 5.91 Å². The molecule has 3 unspecified atom stereocenters. The maximum absolute atomic E-state index is 12.9. The van der Waals surface area contributed by atoms with E-state index >= 15 is 0 Å². The fourth-order valence-electron chi connectivity index (χ4n) is 4.42. The molecular formula is C23H25ClN6O3. The molecule has 3 N–H and O–H groups in total. The number of fused-ring (bicyclic) bond motifs is 3. The lowest BCUT2D eigenvalue weighted by atomic mass is 10.00. The Morgan fingerprint density at radius 1 is 1.15 bits per heavy atom. The second-order valence-electron chi connectivity index (χ2n) is 8.18. The second kappa shape index (κ2) is 8.93. The third kappa shape index (κ3) is 4.22. The predicted octanol–water partition coefficient (Wildman–Crippen LogP) is 2.34. The van der Waals surface area contributed by atoms with Gasteiger partial charge in [-0.2, -0.15) is 0 Å². The molecule has 2 fully saturated rings. The molecule has 2 aromatic carbocycles. The van der Waals surface area contributed by atoms with E-state index in [1.807, 2.05) is 53.7 Å². The predicted molar refractivity (Wildman–Crippen MR) is 122 cm³/mol. The first-order valence-electron chi connectivity index (χ1n) is 10.8. The highest BCUT2D eigenvalue weighted by molar-refractivity contribution is 6.31. The summed E-state index contributed by atoms with van der Waals surface area (Å²) < 4.78 is 5.25. The van der Waals surface area contributed by atoms with Gasteiger partial charge in [0.15, 0.2) is 0 Å². The summed E-state index contributed by atoms with van der Waals surface area (Å²) in [6.45, 7) is 0.212. The highest BCUT2D eigenvalue weighted by Crippen LogP contribution is 2.35. The summed E-state index contributed by atoms with van der Waals surface area (Å²) in [5, 5.41) is 6.81. The smallest absolute Gasteiger partial charge is 0.340 e. The number of carbonyl (C=O) groups excluding carboxylic acids is 2. The standard InChI is InChI=1S/C23H25ClN6O3/c1-33-17-8-6-15(7-9-17)19-12-20-22-27-30(23(32)28(22)10-11-29(20)26-19)14-21(31)25-13-16-4-2-3-5-18(16)24/h2-11,19-20,22,26-27H,12-14H2,1H3,(H,25,31). The summed E-state index contributed by atoms with van der Waals surface area (Å²) in [5.74, 6) is 0.546. The van der Waals surface area contributed by atoms with Crippen molar-refractivity contribution in [3.63, 3.8) is 0 Å². The zero-order chi connectivity index (χ0) is 22.9. The van der Waals surface area contributed by atoms with Crippen LogP contribution < -0.4 is 20.9 Å². The quantitative estimate of drug-likeness (QED) is 0.603. The van der Waals surface area contributed by atoms with E-state index in [9.17, 15) is 9.59 Å². The lowest BCUT2D eigenvalue weighted by Gasteiger charge is -2.34. The number of hydrogen-bond acceptors (Lipinski definition) is 6. The number of urea groups is 1. The average molecular weight is 469 g/mol. The van der Waals surface area contributed by atoms with Gasteiger partial charge in [-0.05, 0) is 35.7 Å². The number of carbonyl (C=O) groups is 2. The number of ether oxygens (including phenoxy) is 1. The number of hydrogen-bond donors (Lipinski definition) is 3. The van der Waals surface area contributed by atoms with Gasteiger partial charge in [-0.15, -0.1) is 0 Å². The Kier molecular flexibility index (Phi) is 5.84. The number of amides is 3. The van der Waals surface area contributed by atoms with Gasteiger partial charge in [0.25, 0.3) is 0 Å². The molecule has 3 heterocycles. The van der Waals surface area contributed by atoms with Crippen molar-refractivity contribution >= 4 is 23.5 Å². The Morgan fingerprint density at radius 3 is 2.70 bits per heavy atom. The first-order chi connectivity index (χ1) is 16.0. The van der Waals surface area contributed by atoms with Crippen LogP contribution in [-0.2, 0) is 11.3 Å². The van der Waals surface area contributed by atoms with Crippen LogP contribution in [0.1, 0.15) is 23.6 Å². The number of hydrazine groups is 2. The molecule has 3 aliphatic heterocycles. The first-order valence-corrected chi connectivity index (χ1v) is 11.1. The van der Waals surface area contributed by atoms with E-state index in [4.69, 9.17) is 16.3 Å². The fourth-order valence-corrected chi connectivity index (χ4v) is 4.62. The van der Waals surface area contributed by atoms with Gasteiger partial charge in [0.1, 0.15) is 18.5 Å². The summed E-state index contributed by atoms with van der Waals surface area (Å²) in [6.07, 6.45) is 4.13. The van der Waals surface area contributed by atoms with Crippen LogP contribution in [0, 0.1) is 0 Å². The monoisotopic (exact) mass is 468 g/mol. The number of benzene rings is 2. The maximum Gasteiger partial charge on any atom is 0.340 e. The largest absolute Gasteiger partial charge is 0.497 e. The molecule has 5 rings (SSSR count). The lowest BCUT2D eigenvalue weighted by molar-refractivity contribution is -0.122. The molecule has 2 aromatic rings. The number of rotatable bonds is 6. The van der Waals surface area contributed by atoms with E-state index in [0.29, 0.717) is 11.6 Å². The van der Waals surface area contributed by atoms with E-state index in [-0.39, 0.29) is 36.7 Å². The van der Waals surface area contributed by atoms with Gasteiger partial charge in [-0.3, -0.25) is 9.69 Å². The molecular weight excluding hydrogens is 444 g/mol. The minimum Gasteiger partial charge on any atom is -0.497 e.